The highest BCUT2D eigenvalue weighted by molar-refractivity contribution is 7.16. The number of nitrogens with one attached hydrogen (secondary N) is 1. The van der Waals surface area contributed by atoms with Crippen molar-refractivity contribution < 1.29 is 4.74 Å². The molecule has 0 bridgehead atoms. The topological polar surface area (TPSA) is 34.1 Å². The summed E-state index contributed by atoms with van der Waals surface area (Å²) < 4.78 is 6.93. The lowest BCUT2D eigenvalue weighted by Crippen LogP contribution is -2.13. The van der Waals surface area contributed by atoms with E-state index in [1.54, 1.807) is 11.3 Å². The number of rotatable bonds is 3. The van der Waals surface area contributed by atoms with Gasteiger partial charge in [0.1, 0.15) is 5.75 Å². The minimum absolute atomic E-state index is 0.420. The third kappa shape index (κ3) is 2.02. The van der Waals surface area contributed by atoms with Crippen LogP contribution in [0.1, 0.15) is 11.5 Å². The smallest absolute Gasteiger partial charge is 0.122 e. The molecule has 1 aliphatic heterocycles. The first kappa shape index (κ1) is 11.7. The highest BCUT2D eigenvalue weighted by atomic mass is 32.1. The second-order valence-corrected chi connectivity index (χ2v) is 5.85. The van der Waals surface area contributed by atoms with Gasteiger partial charge in [-0.25, -0.2) is 4.98 Å². The lowest BCUT2D eigenvalue weighted by Gasteiger charge is -2.11. The maximum absolute atomic E-state index is 5.71. The van der Waals surface area contributed by atoms with E-state index in [9.17, 15) is 0 Å². The van der Waals surface area contributed by atoms with Gasteiger partial charge in [-0.1, -0.05) is 18.2 Å². The maximum atomic E-state index is 5.71. The van der Waals surface area contributed by atoms with Gasteiger partial charge in [0.25, 0.3) is 0 Å². The van der Waals surface area contributed by atoms with Crippen molar-refractivity contribution in [1.82, 2.24) is 4.98 Å². The van der Waals surface area contributed by atoms with Crippen LogP contribution in [0.25, 0.3) is 10.2 Å². The van der Waals surface area contributed by atoms with Crippen LogP contribution in [0.2, 0.25) is 0 Å². The average Bonchev–Trinajstić information content (AvgIpc) is 3.11. The Bertz CT molecular complexity index is 753. The van der Waals surface area contributed by atoms with Crippen molar-refractivity contribution in [3.8, 4) is 5.75 Å². The van der Waals surface area contributed by atoms with Crippen LogP contribution >= 0.6 is 11.3 Å². The van der Waals surface area contributed by atoms with Crippen LogP contribution in [0.3, 0.4) is 0 Å². The molecular weight excluding hydrogens is 268 g/mol. The third-order valence-electron chi connectivity index (χ3n) is 3.68. The minimum Gasteiger partial charge on any atom is -0.493 e. The van der Waals surface area contributed by atoms with Gasteiger partial charge in [-0.15, -0.1) is 11.3 Å². The molecule has 3 aromatic rings. The molecule has 0 saturated carbocycles. The van der Waals surface area contributed by atoms with Crippen molar-refractivity contribution in [1.29, 1.82) is 0 Å². The number of benzene rings is 2. The fraction of sp³-hybridized carbons (Fsp3) is 0.188. The summed E-state index contributed by atoms with van der Waals surface area (Å²) in [5.41, 5.74) is 5.40. The molecule has 0 spiro atoms. The van der Waals surface area contributed by atoms with Crippen LogP contribution in [0.15, 0.2) is 48.0 Å². The normalized spacial score (nSPS) is 16.9. The van der Waals surface area contributed by atoms with Gasteiger partial charge in [-0.2, -0.15) is 0 Å². The van der Waals surface area contributed by atoms with Crippen LogP contribution < -0.4 is 10.1 Å². The summed E-state index contributed by atoms with van der Waals surface area (Å²) in [4.78, 5) is 4.30. The van der Waals surface area contributed by atoms with Crippen molar-refractivity contribution in [3.63, 3.8) is 0 Å². The molecule has 0 amide bonds. The van der Waals surface area contributed by atoms with Crippen molar-refractivity contribution in [3.05, 3.63) is 53.5 Å². The monoisotopic (exact) mass is 282 g/mol. The van der Waals surface area contributed by atoms with Crippen LogP contribution in [0.4, 0.5) is 5.69 Å². The molecule has 1 N–H and O–H groups in total. The molecule has 20 heavy (non-hydrogen) atoms. The predicted octanol–water partition coefficient (Wildman–Crippen LogP) is 3.88. The van der Waals surface area contributed by atoms with E-state index in [4.69, 9.17) is 4.74 Å². The Morgan fingerprint density at radius 1 is 1.25 bits per heavy atom. The number of nitrogens with zero attached hydrogens (tertiary/aromatic N) is 1. The zero-order valence-corrected chi connectivity index (χ0v) is 11.7. The maximum Gasteiger partial charge on any atom is 0.122 e. The second-order valence-electron chi connectivity index (χ2n) is 4.96. The zero-order valence-electron chi connectivity index (χ0n) is 10.9. The molecule has 0 saturated heterocycles. The molecular formula is C16H14N2OS. The predicted molar refractivity (Wildman–Crippen MR) is 82.8 cm³/mol. The lowest BCUT2D eigenvalue weighted by molar-refractivity contribution is 0.334. The highest BCUT2D eigenvalue weighted by Crippen LogP contribution is 2.33. The number of aromatic nitrogens is 1. The molecule has 100 valence electrons. The van der Waals surface area contributed by atoms with Gasteiger partial charge < -0.3 is 10.1 Å². The van der Waals surface area contributed by atoms with Gasteiger partial charge >= 0.3 is 0 Å². The molecule has 4 heteroatoms. The molecule has 1 unspecified atom stereocenters. The van der Waals surface area contributed by atoms with Crippen molar-refractivity contribution in [2.24, 2.45) is 0 Å². The van der Waals surface area contributed by atoms with Crippen molar-refractivity contribution in [2.45, 2.75) is 5.92 Å². The molecule has 4 rings (SSSR count). The number of hydrogen-bond acceptors (Lipinski definition) is 4. The van der Waals surface area contributed by atoms with Gasteiger partial charge in [0.05, 0.1) is 22.3 Å². The van der Waals surface area contributed by atoms with E-state index < -0.39 is 0 Å². The van der Waals surface area contributed by atoms with E-state index in [1.165, 1.54) is 10.3 Å². The minimum atomic E-state index is 0.420. The van der Waals surface area contributed by atoms with Gasteiger partial charge in [0.2, 0.25) is 0 Å². The quantitative estimate of drug-likeness (QED) is 0.791. The number of ether oxygens (including phenoxy) is 1. The molecule has 2 heterocycles. The van der Waals surface area contributed by atoms with Gasteiger partial charge in [-0.3, -0.25) is 0 Å². The molecule has 2 aromatic carbocycles. The molecule has 0 radical (unpaired) electrons. The Hall–Kier alpha value is -2.07. The molecule has 0 aliphatic carbocycles. The van der Waals surface area contributed by atoms with Crippen LogP contribution in [-0.2, 0) is 0 Å². The first-order valence-electron chi connectivity index (χ1n) is 6.69. The zero-order chi connectivity index (χ0) is 13.4. The Balaban J connectivity index is 1.51. The van der Waals surface area contributed by atoms with Crippen molar-refractivity contribution >= 4 is 27.2 Å². The third-order valence-corrected chi connectivity index (χ3v) is 4.47. The highest BCUT2D eigenvalue weighted by Gasteiger charge is 2.23. The van der Waals surface area contributed by atoms with E-state index in [0.29, 0.717) is 5.92 Å². The van der Waals surface area contributed by atoms with Gasteiger partial charge in [0, 0.05) is 23.7 Å². The number of para-hydroxylation sites is 1. The summed E-state index contributed by atoms with van der Waals surface area (Å²) in [6, 6.07) is 14.6. The Morgan fingerprint density at radius 3 is 3.20 bits per heavy atom. The van der Waals surface area contributed by atoms with Gasteiger partial charge in [-0.05, 0) is 24.3 Å². The number of thiazole rings is 1. The molecule has 1 aliphatic rings. The summed E-state index contributed by atoms with van der Waals surface area (Å²) in [5, 5.41) is 3.51. The standard InChI is InChI=1S/C16H14N2OS/c1-2-4-15-13(3-1)11(9-19-15)8-17-12-5-6-14-16(7-12)20-10-18-14/h1-7,10-11,17H,8-9H2. The first-order chi connectivity index (χ1) is 9.90. The number of fused-ring (bicyclic) bond motifs is 2. The number of anilines is 1. The summed E-state index contributed by atoms with van der Waals surface area (Å²) in [7, 11) is 0. The molecule has 0 fully saturated rings. The van der Waals surface area contributed by atoms with Crippen LogP contribution in [0, 0.1) is 0 Å². The Kier molecular flexibility index (Phi) is 2.81. The van der Waals surface area contributed by atoms with E-state index in [1.807, 2.05) is 17.6 Å². The van der Waals surface area contributed by atoms with Gasteiger partial charge in [0.15, 0.2) is 0 Å². The average molecular weight is 282 g/mol. The van der Waals surface area contributed by atoms with Crippen LogP contribution in [0.5, 0.6) is 5.75 Å². The fourth-order valence-corrected chi connectivity index (χ4v) is 3.32. The Labute approximate surface area is 121 Å². The summed E-state index contributed by atoms with van der Waals surface area (Å²) in [5.74, 6) is 1.44. The number of hydrogen-bond donors (Lipinski definition) is 1. The molecule has 3 nitrogen and oxygen atoms in total. The summed E-state index contributed by atoms with van der Waals surface area (Å²) in [6.45, 7) is 1.65. The van der Waals surface area contributed by atoms with E-state index in [0.717, 1.165) is 30.1 Å². The first-order valence-corrected chi connectivity index (χ1v) is 7.57. The Morgan fingerprint density at radius 2 is 2.20 bits per heavy atom. The van der Waals surface area contributed by atoms with Crippen molar-refractivity contribution in [2.75, 3.05) is 18.5 Å². The lowest BCUT2D eigenvalue weighted by atomic mass is 10.0. The SMILES string of the molecule is c1ccc2c(c1)OCC2CNc1ccc2ncsc2c1. The largest absolute Gasteiger partial charge is 0.493 e. The van der Waals surface area contributed by atoms with E-state index in [-0.39, 0.29) is 0 Å². The summed E-state index contributed by atoms with van der Waals surface area (Å²) in [6.07, 6.45) is 0. The summed E-state index contributed by atoms with van der Waals surface area (Å²) >= 11 is 1.67. The van der Waals surface area contributed by atoms with E-state index >= 15 is 0 Å². The van der Waals surface area contributed by atoms with Crippen LogP contribution in [-0.4, -0.2) is 18.1 Å². The fourth-order valence-electron chi connectivity index (χ4n) is 2.60. The molecule has 1 aromatic heterocycles. The van der Waals surface area contributed by atoms with E-state index in [2.05, 4.69) is 40.6 Å². The molecule has 1 atom stereocenters. The second kappa shape index (κ2) is 4.80.